The van der Waals surface area contributed by atoms with E-state index in [0.29, 0.717) is 19.1 Å². The van der Waals surface area contributed by atoms with Crippen LogP contribution in [0.15, 0.2) is 35.8 Å². The number of piperidine rings is 1. The van der Waals surface area contributed by atoms with Crippen molar-refractivity contribution in [2.45, 2.75) is 57.0 Å². The van der Waals surface area contributed by atoms with Gasteiger partial charge in [0, 0.05) is 48.0 Å². The van der Waals surface area contributed by atoms with Crippen molar-refractivity contribution in [1.82, 2.24) is 20.5 Å². The number of hydrogen-bond donors (Lipinski definition) is 3. The number of nitrogens with one attached hydrogen (secondary N) is 3. The Balaban J connectivity index is 1.20. The number of carbonyl (C=O) groups is 2. The zero-order chi connectivity index (χ0) is 20.8. The first kappa shape index (κ1) is 20.7. The number of aromatic nitrogens is 1. The fraction of sp³-hybridized carbons (Fsp3) is 0.500. The lowest BCUT2D eigenvalue weighted by molar-refractivity contribution is 0.186. The number of benzene rings is 1. The quantitative estimate of drug-likeness (QED) is 0.674. The van der Waals surface area contributed by atoms with Crippen LogP contribution in [-0.4, -0.2) is 47.1 Å². The Hall–Kier alpha value is -2.61. The first-order valence-electron chi connectivity index (χ1n) is 10.8. The highest BCUT2D eigenvalue weighted by Gasteiger charge is 2.25. The molecule has 2 fully saturated rings. The number of nitrogens with zero attached hydrogens (tertiary/aromatic N) is 2. The minimum absolute atomic E-state index is 0.0647. The van der Waals surface area contributed by atoms with Gasteiger partial charge in [-0.2, -0.15) is 0 Å². The van der Waals surface area contributed by atoms with Gasteiger partial charge in [0.1, 0.15) is 5.01 Å². The molecule has 3 N–H and O–H groups in total. The van der Waals surface area contributed by atoms with E-state index < -0.39 is 0 Å². The Kier molecular flexibility index (Phi) is 6.84. The summed E-state index contributed by atoms with van der Waals surface area (Å²) in [5, 5.41) is 12.1. The number of anilines is 1. The van der Waals surface area contributed by atoms with Crippen LogP contribution in [0.3, 0.4) is 0 Å². The summed E-state index contributed by atoms with van der Waals surface area (Å²) in [6, 6.07) is 8.01. The highest BCUT2D eigenvalue weighted by Crippen LogP contribution is 2.23. The van der Waals surface area contributed by atoms with Crippen LogP contribution in [0.4, 0.5) is 15.3 Å². The fourth-order valence-corrected chi connectivity index (χ4v) is 4.80. The molecule has 2 heterocycles. The van der Waals surface area contributed by atoms with E-state index >= 15 is 0 Å². The second-order valence-electron chi connectivity index (χ2n) is 8.06. The predicted molar refractivity (Wildman–Crippen MR) is 120 cm³/mol. The molecule has 2 aliphatic rings. The molecule has 160 valence electrons. The van der Waals surface area contributed by atoms with Gasteiger partial charge in [-0.3, -0.25) is 0 Å². The second kappa shape index (κ2) is 9.93. The molecule has 0 unspecified atom stereocenters. The van der Waals surface area contributed by atoms with Crippen molar-refractivity contribution in [1.29, 1.82) is 0 Å². The zero-order valence-corrected chi connectivity index (χ0v) is 17.9. The molecule has 1 aliphatic heterocycles. The third kappa shape index (κ3) is 5.50. The molecule has 2 aromatic rings. The molecule has 1 saturated heterocycles. The number of thiazole rings is 1. The van der Waals surface area contributed by atoms with Crippen LogP contribution in [0.1, 0.15) is 44.9 Å². The van der Waals surface area contributed by atoms with E-state index in [-0.39, 0.29) is 18.1 Å². The molecule has 0 atom stereocenters. The lowest BCUT2D eigenvalue weighted by Gasteiger charge is -2.33. The summed E-state index contributed by atoms with van der Waals surface area (Å²) < 4.78 is 0. The number of urea groups is 2. The normalized spacial score (nSPS) is 18.1. The van der Waals surface area contributed by atoms with Crippen molar-refractivity contribution in [3.8, 4) is 10.6 Å². The third-order valence-electron chi connectivity index (χ3n) is 5.87. The van der Waals surface area contributed by atoms with Gasteiger partial charge in [0.15, 0.2) is 0 Å². The Morgan fingerprint density at radius 1 is 0.933 bits per heavy atom. The maximum atomic E-state index is 12.6. The van der Waals surface area contributed by atoms with Gasteiger partial charge in [-0.05, 0) is 49.9 Å². The van der Waals surface area contributed by atoms with E-state index in [1.165, 1.54) is 19.3 Å². The summed E-state index contributed by atoms with van der Waals surface area (Å²) in [7, 11) is 0. The minimum Gasteiger partial charge on any atom is -0.335 e. The van der Waals surface area contributed by atoms with Crippen LogP contribution < -0.4 is 16.0 Å². The van der Waals surface area contributed by atoms with E-state index in [1.54, 1.807) is 17.5 Å². The highest BCUT2D eigenvalue weighted by atomic mass is 32.1. The van der Waals surface area contributed by atoms with Crippen molar-refractivity contribution < 1.29 is 9.59 Å². The van der Waals surface area contributed by atoms with Gasteiger partial charge in [0.05, 0.1) is 0 Å². The average molecular weight is 428 g/mol. The molecule has 4 rings (SSSR count). The molecule has 1 aromatic carbocycles. The monoisotopic (exact) mass is 427 g/mol. The summed E-state index contributed by atoms with van der Waals surface area (Å²) in [4.78, 5) is 30.9. The van der Waals surface area contributed by atoms with Crippen LogP contribution in [-0.2, 0) is 0 Å². The smallest absolute Gasteiger partial charge is 0.321 e. The molecule has 7 nitrogen and oxygen atoms in total. The number of rotatable bonds is 4. The summed E-state index contributed by atoms with van der Waals surface area (Å²) in [6.07, 6.45) is 9.17. The van der Waals surface area contributed by atoms with Crippen LogP contribution in [0, 0.1) is 0 Å². The summed E-state index contributed by atoms with van der Waals surface area (Å²) >= 11 is 1.59. The minimum atomic E-state index is -0.0953. The lowest BCUT2D eigenvalue weighted by Crippen LogP contribution is -2.51. The average Bonchev–Trinajstić information content (AvgIpc) is 3.30. The number of likely N-dealkylation sites (tertiary alicyclic amines) is 1. The summed E-state index contributed by atoms with van der Waals surface area (Å²) in [6.45, 7) is 1.27. The number of hydrogen-bond acceptors (Lipinski definition) is 4. The molecule has 0 bridgehead atoms. The van der Waals surface area contributed by atoms with Crippen molar-refractivity contribution in [2.75, 3.05) is 18.4 Å². The molecule has 1 saturated carbocycles. The van der Waals surface area contributed by atoms with Crippen LogP contribution >= 0.6 is 11.3 Å². The Labute approximate surface area is 181 Å². The predicted octanol–water partition coefficient (Wildman–Crippen LogP) is 4.44. The van der Waals surface area contributed by atoms with Gasteiger partial charge in [-0.25, -0.2) is 14.6 Å². The molecule has 1 aromatic heterocycles. The second-order valence-corrected chi connectivity index (χ2v) is 8.95. The van der Waals surface area contributed by atoms with E-state index in [4.69, 9.17) is 0 Å². The zero-order valence-electron chi connectivity index (χ0n) is 17.1. The van der Waals surface area contributed by atoms with Crippen molar-refractivity contribution in [3.05, 3.63) is 35.8 Å². The van der Waals surface area contributed by atoms with E-state index in [1.807, 2.05) is 34.5 Å². The maximum absolute atomic E-state index is 12.6. The van der Waals surface area contributed by atoms with Crippen molar-refractivity contribution >= 4 is 29.1 Å². The fourth-order valence-electron chi connectivity index (χ4n) is 4.15. The van der Waals surface area contributed by atoms with Gasteiger partial charge >= 0.3 is 12.1 Å². The van der Waals surface area contributed by atoms with Crippen molar-refractivity contribution in [2.24, 2.45) is 0 Å². The van der Waals surface area contributed by atoms with Gasteiger partial charge in [0.2, 0.25) is 0 Å². The summed E-state index contributed by atoms with van der Waals surface area (Å²) in [5.74, 6) is 0. The number of carbonyl (C=O) groups excluding carboxylic acids is 2. The Morgan fingerprint density at radius 3 is 2.23 bits per heavy atom. The van der Waals surface area contributed by atoms with Crippen LogP contribution in [0.25, 0.3) is 10.6 Å². The van der Waals surface area contributed by atoms with Crippen LogP contribution in [0.2, 0.25) is 0 Å². The van der Waals surface area contributed by atoms with E-state index in [2.05, 4.69) is 20.9 Å². The molecule has 0 radical (unpaired) electrons. The molecule has 30 heavy (non-hydrogen) atoms. The summed E-state index contributed by atoms with van der Waals surface area (Å²) in [5.41, 5.74) is 1.81. The SMILES string of the molecule is O=C(NC1CCCCC1)NC1CCN(C(=O)Nc2ccc(-c3nccs3)cc2)CC1. The molecule has 0 spiro atoms. The topological polar surface area (TPSA) is 86.4 Å². The Morgan fingerprint density at radius 2 is 1.60 bits per heavy atom. The first-order chi connectivity index (χ1) is 14.7. The van der Waals surface area contributed by atoms with E-state index in [0.717, 1.165) is 41.9 Å². The molecule has 4 amide bonds. The van der Waals surface area contributed by atoms with E-state index in [9.17, 15) is 9.59 Å². The van der Waals surface area contributed by atoms with Crippen LogP contribution in [0.5, 0.6) is 0 Å². The molecular weight excluding hydrogens is 398 g/mol. The van der Waals surface area contributed by atoms with Gasteiger partial charge in [0.25, 0.3) is 0 Å². The number of amides is 4. The first-order valence-corrected chi connectivity index (χ1v) is 11.7. The lowest BCUT2D eigenvalue weighted by atomic mass is 9.96. The van der Waals surface area contributed by atoms with Gasteiger partial charge < -0.3 is 20.9 Å². The molecular formula is C22H29N5O2S. The maximum Gasteiger partial charge on any atom is 0.321 e. The van der Waals surface area contributed by atoms with Gasteiger partial charge in [-0.1, -0.05) is 19.3 Å². The molecule has 8 heteroatoms. The van der Waals surface area contributed by atoms with Gasteiger partial charge in [-0.15, -0.1) is 11.3 Å². The van der Waals surface area contributed by atoms with Crippen molar-refractivity contribution in [3.63, 3.8) is 0 Å². The Bertz CT molecular complexity index is 826. The highest BCUT2D eigenvalue weighted by molar-refractivity contribution is 7.13. The standard InChI is InChI=1S/C22H29N5O2S/c28-21(24-17-4-2-1-3-5-17)25-19-10-13-27(14-11-19)22(29)26-18-8-6-16(7-9-18)20-23-12-15-30-20/h6-9,12,15,17,19H,1-5,10-11,13-14H2,(H,26,29)(H2,24,25,28). The third-order valence-corrected chi connectivity index (χ3v) is 6.70. The molecule has 1 aliphatic carbocycles. The largest absolute Gasteiger partial charge is 0.335 e.